The Kier molecular flexibility index (Phi) is 11.8. The van der Waals surface area contributed by atoms with E-state index in [1.54, 1.807) is 60.7 Å². The van der Waals surface area contributed by atoms with E-state index in [4.69, 9.17) is 0 Å². The van der Waals surface area contributed by atoms with Crippen molar-refractivity contribution in [3.8, 4) is 44.5 Å². The Labute approximate surface area is 328 Å². The number of hydrogen-bond acceptors (Lipinski definition) is 0. The van der Waals surface area contributed by atoms with Crippen molar-refractivity contribution in [2.24, 2.45) is 0 Å². The Morgan fingerprint density at radius 3 is 1.13 bits per heavy atom. The predicted molar refractivity (Wildman–Crippen MR) is 218 cm³/mol. The molecule has 0 aliphatic carbocycles. The number of halogens is 7. The summed E-state index contributed by atoms with van der Waals surface area (Å²) >= 11 is 3.42. The van der Waals surface area contributed by atoms with Crippen molar-refractivity contribution in [2.45, 2.75) is 69.6 Å². The van der Waals surface area contributed by atoms with Crippen molar-refractivity contribution in [1.82, 2.24) is 0 Å². The molecule has 284 valence electrons. The molecule has 0 aliphatic heterocycles. The Bertz CT molecular complexity index is 2180. The number of aryl methyl sites for hydroxylation is 1. The van der Waals surface area contributed by atoms with Crippen LogP contribution in [0.15, 0.2) is 146 Å². The van der Waals surface area contributed by atoms with E-state index in [1.165, 1.54) is 17.7 Å². The third-order valence-electron chi connectivity index (χ3n) is 10.9. The van der Waals surface area contributed by atoms with Crippen LogP contribution in [-0.2, 0) is 10.8 Å². The third-order valence-corrected chi connectivity index (χ3v) is 11.4. The van der Waals surface area contributed by atoms with E-state index in [0.29, 0.717) is 12.8 Å². The molecule has 0 radical (unpaired) electrons. The lowest BCUT2D eigenvalue weighted by molar-refractivity contribution is -0.181. The van der Waals surface area contributed by atoms with Gasteiger partial charge in [0.2, 0.25) is 0 Å². The molecule has 1 unspecified atom stereocenters. The van der Waals surface area contributed by atoms with Gasteiger partial charge < -0.3 is 0 Å². The molecule has 0 aliphatic rings. The van der Waals surface area contributed by atoms with Crippen molar-refractivity contribution in [1.29, 1.82) is 0 Å². The number of benzene rings is 6. The van der Waals surface area contributed by atoms with Gasteiger partial charge >= 0.3 is 12.4 Å². The average Bonchev–Trinajstić information content (AvgIpc) is 3.18. The zero-order valence-electron chi connectivity index (χ0n) is 31.0. The van der Waals surface area contributed by atoms with Crippen LogP contribution in [0.4, 0.5) is 26.3 Å². The van der Waals surface area contributed by atoms with Gasteiger partial charge in [-0.05, 0) is 107 Å². The van der Waals surface area contributed by atoms with Crippen LogP contribution in [0.3, 0.4) is 0 Å². The largest absolute Gasteiger partial charge is 0.402 e. The van der Waals surface area contributed by atoms with Crippen LogP contribution in [0.2, 0.25) is 0 Å². The second-order valence-corrected chi connectivity index (χ2v) is 15.6. The minimum atomic E-state index is -4.58. The lowest BCUT2D eigenvalue weighted by Gasteiger charge is -2.37. The minimum absolute atomic E-state index is 0.0955. The molecule has 0 fully saturated rings. The van der Waals surface area contributed by atoms with Gasteiger partial charge in [-0.25, -0.2) is 0 Å². The SMILES string of the molecule is Cc1ccc(-c2cccc(-c3ccc(C(CCCCCBr)(c4ccc(-c5cccc(-c6ccc(C(C)(C)C(F)(F)F)cc6)c5)cc4)C(F)(F)F)cc3)c2)cc1. The summed E-state index contributed by atoms with van der Waals surface area (Å²) in [5.74, 6) is 0. The number of alkyl halides is 7. The first-order valence-corrected chi connectivity index (χ1v) is 19.6. The van der Waals surface area contributed by atoms with Crippen LogP contribution < -0.4 is 0 Å². The molecule has 0 saturated heterocycles. The van der Waals surface area contributed by atoms with Crippen molar-refractivity contribution in [3.05, 3.63) is 168 Å². The topological polar surface area (TPSA) is 0 Å². The fraction of sp³-hybridized carbons (Fsp3) is 0.250. The summed E-state index contributed by atoms with van der Waals surface area (Å²) in [4.78, 5) is 0. The minimum Gasteiger partial charge on any atom is -0.170 e. The van der Waals surface area contributed by atoms with Gasteiger partial charge in [0.1, 0.15) is 5.41 Å². The first-order valence-electron chi connectivity index (χ1n) is 18.4. The van der Waals surface area contributed by atoms with Crippen LogP contribution >= 0.6 is 15.9 Å². The molecular formula is C48H43BrF6. The standard InChI is InChI=1S/C48H43BrF6/c1-33-13-15-34(16-14-33)38-9-7-11-40(31-38)36-19-25-43(26-20-36)46(48(53,54)55,29-5-4-6-30-49)44-27-21-37(22-28-44)41-12-8-10-39(32-41)35-17-23-42(24-18-35)45(2,3)47(50,51)52/h7-28,31-32H,4-6,29-30H2,1-3H3. The van der Waals surface area contributed by atoms with Crippen LogP contribution in [0.25, 0.3) is 44.5 Å². The maximum atomic E-state index is 15.7. The van der Waals surface area contributed by atoms with Gasteiger partial charge in [0.15, 0.2) is 0 Å². The van der Waals surface area contributed by atoms with Crippen LogP contribution in [-0.4, -0.2) is 17.7 Å². The maximum absolute atomic E-state index is 15.7. The van der Waals surface area contributed by atoms with Crippen molar-refractivity contribution in [3.63, 3.8) is 0 Å². The van der Waals surface area contributed by atoms with Crippen LogP contribution in [0.1, 0.15) is 61.8 Å². The molecule has 6 aromatic carbocycles. The molecule has 0 amide bonds. The van der Waals surface area contributed by atoms with E-state index in [9.17, 15) is 13.2 Å². The molecule has 1 atom stereocenters. The van der Waals surface area contributed by atoms with Gasteiger partial charge in [-0.15, -0.1) is 0 Å². The molecule has 0 aromatic heterocycles. The second-order valence-electron chi connectivity index (χ2n) is 14.8. The Morgan fingerprint density at radius 1 is 0.418 bits per heavy atom. The molecule has 0 nitrogen and oxygen atoms in total. The summed E-state index contributed by atoms with van der Waals surface area (Å²) in [6.07, 6.45) is -7.23. The summed E-state index contributed by atoms with van der Waals surface area (Å²) < 4.78 is 88.0. The average molecular weight is 814 g/mol. The smallest absolute Gasteiger partial charge is 0.170 e. The molecule has 7 heteroatoms. The molecule has 0 heterocycles. The van der Waals surface area contributed by atoms with Crippen molar-refractivity contribution in [2.75, 3.05) is 5.33 Å². The summed E-state index contributed by atoms with van der Waals surface area (Å²) in [5.41, 5.74) is 4.40. The van der Waals surface area contributed by atoms with Crippen LogP contribution in [0, 0.1) is 6.92 Å². The number of unbranched alkanes of at least 4 members (excludes halogenated alkanes) is 2. The molecule has 6 aromatic rings. The highest BCUT2D eigenvalue weighted by molar-refractivity contribution is 9.09. The number of rotatable bonds is 12. The van der Waals surface area contributed by atoms with Gasteiger partial charge in [-0.1, -0.05) is 168 Å². The second kappa shape index (κ2) is 16.2. The lowest BCUT2D eigenvalue weighted by atomic mass is 9.70. The zero-order valence-corrected chi connectivity index (χ0v) is 32.6. The monoisotopic (exact) mass is 812 g/mol. The van der Waals surface area contributed by atoms with E-state index >= 15 is 13.2 Å². The van der Waals surface area contributed by atoms with Crippen molar-refractivity contribution < 1.29 is 26.3 Å². The van der Waals surface area contributed by atoms with Gasteiger partial charge in [0.25, 0.3) is 0 Å². The highest BCUT2D eigenvalue weighted by Gasteiger charge is 2.56. The molecule has 0 saturated carbocycles. The maximum Gasteiger partial charge on any atom is 0.402 e. The molecule has 0 N–H and O–H groups in total. The summed E-state index contributed by atoms with van der Waals surface area (Å²) in [7, 11) is 0. The summed E-state index contributed by atoms with van der Waals surface area (Å²) in [6.45, 7) is 4.35. The van der Waals surface area contributed by atoms with E-state index < -0.39 is 23.2 Å². The van der Waals surface area contributed by atoms with Crippen molar-refractivity contribution >= 4 is 15.9 Å². The van der Waals surface area contributed by atoms with Gasteiger partial charge in [-0.3, -0.25) is 0 Å². The van der Waals surface area contributed by atoms with Crippen LogP contribution in [0.5, 0.6) is 0 Å². The molecule has 55 heavy (non-hydrogen) atoms. The van der Waals surface area contributed by atoms with E-state index in [-0.39, 0.29) is 23.1 Å². The third kappa shape index (κ3) is 8.47. The fourth-order valence-corrected chi connectivity index (χ4v) is 7.62. The molecule has 0 spiro atoms. The lowest BCUT2D eigenvalue weighted by Crippen LogP contribution is -2.43. The number of hydrogen-bond donors (Lipinski definition) is 0. The van der Waals surface area contributed by atoms with E-state index in [0.717, 1.165) is 70.1 Å². The Hall–Kier alpha value is -4.62. The quantitative estimate of drug-likeness (QED) is 0.0656. The first kappa shape index (κ1) is 40.1. The fourth-order valence-electron chi connectivity index (χ4n) is 7.23. The van der Waals surface area contributed by atoms with Gasteiger partial charge in [-0.2, -0.15) is 26.3 Å². The first-order chi connectivity index (χ1) is 26.1. The molecule has 0 bridgehead atoms. The molecular weight excluding hydrogens is 770 g/mol. The normalized spacial score (nSPS) is 13.4. The zero-order chi connectivity index (χ0) is 39.4. The van der Waals surface area contributed by atoms with E-state index in [1.807, 2.05) is 49.4 Å². The predicted octanol–water partition coefficient (Wildman–Crippen LogP) is 15.3. The highest BCUT2D eigenvalue weighted by Crippen LogP contribution is 2.51. The van der Waals surface area contributed by atoms with Gasteiger partial charge in [0.05, 0.1) is 5.41 Å². The van der Waals surface area contributed by atoms with Gasteiger partial charge in [0, 0.05) is 5.33 Å². The molecule has 6 rings (SSSR count). The summed E-state index contributed by atoms with van der Waals surface area (Å²) in [5, 5.41) is 0.728. The Morgan fingerprint density at radius 2 is 0.782 bits per heavy atom. The van der Waals surface area contributed by atoms with E-state index in [2.05, 4.69) is 46.3 Å². The summed E-state index contributed by atoms with van der Waals surface area (Å²) in [6, 6.07) is 43.6. The Balaban J connectivity index is 1.33. The highest BCUT2D eigenvalue weighted by atomic mass is 79.9.